The largest absolute Gasteiger partial charge is 0.480 e. The third-order valence-electron chi connectivity index (χ3n) is 1.77. The monoisotopic (exact) mass is 242 g/mol. The molecule has 0 bridgehead atoms. The lowest BCUT2D eigenvalue weighted by molar-refractivity contribution is -0.139. The number of alkyl halides is 3. The SMILES string of the molecule is CC[C@@H](NC(=O)N(C)CC(F)(F)F)C(=O)O. The Labute approximate surface area is 90.2 Å². The Hall–Kier alpha value is -1.47. The molecule has 0 aromatic rings. The van der Waals surface area contributed by atoms with Crippen LogP contribution in [-0.4, -0.2) is 47.8 Å². The molecule has 0 saturated carbocycles. The van der Waals surface area contributed by atoms with Gasteiger partial charge in [-0.15, -0.1) is 0 Å². The van der Waals surface area contributed by atoms with Gasteiger partial charge in [0.25, 0.3) is 0 Å². The van der Waals surface area contributed by atoms with Crippen LogP contribution in [0, 0.1) is 0 Å². The summed E-state index contributed by atoms with van der Waals surface area (Å²) in [4.78, 5) is 22.0. The number of hydrogen-bond donors (Lipinski definition) is 2. The maximum Gasteiger partial charge on any atom is 0.406 e. The van der Waals surface area contributed by atoms with Gasteiger partial charge in [0.2, 0.25) is 0 Å². The minimum absolute atomic E-state index is 0.0981. The van der Waals surface area contributed by atoms with Crippen LogP contribution >= 0.6 is 0 Å². The zero-order valence-corrected chi connectivity index (χ0v) is 8.84. The van der Waals surface area contributed by atoms with Crippen molar-refractivity contribution in [3.05, 3.63) is 0 Å². The van der Waals surface area contributed by atoms with Crippen molar-refractivity contribution in [1.82, 2.24) is 10.2 Å². The number of nitrogens with zero attached hydrogens (tertiary/aromatic N) is 1. The smallest absolute Gasteiger partial charge is 0.406 e. The molecule has 0 aliphatic heterocycles. The van der Waals surface area contributed by atoms with Gasteiger partial charge in [-0.05, 0) is 6.42 Å². The number of halogens is 3. The van der Waals surface area contributed by atoms with Gasteiger partial charge in [-0.25, -0.2) is 9.59 Å². The second-order valence-electron chi connectivity index (χ2n) is 3.22. The number of rotatable bonds is 4. The summed E-state index contributed by atoms with van der Waals surface area (Å²) in [6.45, 7) is 0.0811. The van der Waals surface area contributed by atoms with E-state index < -0.39 is 30.8 Å². The van der Waals surface area contributed by atoms with Gasteiger partial charge < -0.3 is 15.3 Å². The lowest BCUT2D eigenvalue weighted by atomic mass is 10.2. The summed E-state index contributed by atoms with van der Waals surface area (Å²) < 4.78 is 35.7. The molecule has 0 aromatic carbocycles. The zero-order valence-electron chi connectivity index (χ0n) is 8.84. The van der Waals surface area contributed by atoms with Gasteiger partial charge in [0.15, 0.2) is 0 Å². The number of hydrogen-bond acceptors (Lipinski definition) is 2. The normalized spacial score (nSPS) is 13.1. The maximum atomic E-state index is 11.9. The standard InChI is InChI=1S/C8H13F3N2O3/c1-3-5(6(14)15)12-7(16)13(2)4-8(9,10)11/h5H,3-4H2,1-2H3,(H,12,16)(H,14,15)/t5-/m1/s1. The van der Waals surface area contributed by atoms with Crippen molar-refractivity contribution in [3.63, 3.8) is 0 Å². The average molecular weight is 242 g/mol. The van der Waals surface area contributed by atoms with Crippen LogP contribution in [0.4, 0.5) is 18.0 Å². The van der Waals surface area contributed by atoms with Gasteiger partial charge in [-0.3, -0.25) is 0 Å². The highest BCUT2D eigenvalue weighted by molar-refractivity contribution is 5.82. The van der Waals surface area contributed by atoms with Crippen LogP contribution in [0.1, 0.15) is 13.3 Å². The van der Waals surface area contributed by atoms with Crippen LogP contribution in [0.2, 0.25) is 0 Å². The fourth-order valence-electron chi connectivity index (χ4n) is 0.938. The molecule has 0 aliphatic carbocycles. The Balaban J connectivity index is 4.29. The molecule has 8 heteroatoms. The summed E-state index contributed by atoms with van der Waals surface area (Å²) in [5.74, 6) is -1.28. The van der Waals surface area contributed by atoms with Crippen molar-refractivity contribution in [1.29, 1.82) is 0 Å². The molecule has 0 fully saturated rings. The Morgan fingerprint density at radius 2 is 1.94 bits per heavy atom. The van der Waals surface area contributed by atoms with Crippen molar-refractivity contribution in [2.45, 2.75) is 25.6 Å². The van der Waals surface area contributed by atoms with Gasteiger partial charge in [-0.1, -0.05) is 6.92 Å². The van der Waals surface area contributed by atoms with Crippen LogP contribution in [0.5, 0.6) is 0 Å². The summed E-state index contributed by atoms with van der Waals surface area (Å²) in [7, 11) is 0.942. The second-order valence-corrected chi connectivity index (χ2v) is 3.22. The number of nitrogens with one attached hydrogen (secondary N) is 1. The minimum Gasteiger partial charge on any atom is -0.480 e. The summed E-state index contributed by atoms with van der Waals surface area (Å²) >= 11 is 0. The molecule has 0 aromatic heterocycles. The third-order valence-corrected chi connectivity index (χ3v) is 1.77. The van der Waals surface area contributed by atoms with Crippen molar-refractivity contribution in [2.24, 2.45) is 0 Å². The van der Waals surface area contributed by atoms with E-state index >= 15 is 0 Å². The number of urea groups is 1. The predicted molar refractivity (Wildman–Crippen MR) is 48.9 cm³/mol. The maximum absolute atomic E-state index is 11.9. The number of carboxylic acid groups (broad SMARTS) is 1. The van der Waals surface area contributed by atoms with Gasteiger partial charge >= 0.3 is 18.2 Å². The first-order chi connectivity index (χ1) is 7.17. The quantitative estimate of drug-likeness (QED) is 0.774. The average Bonchev–Trinajstić information content (AvgIpc) is 2.10. The van der Waals surface area contributed by atoms with E-state index in [4.69, 9.17) is 5.11 Å². The lowest BCUT2D eigenvalue weighted by Crippen LogP contribution is -2.48. The van der Waals surface area contributed by atoms with Crippen LogP contribution in [0.15, 0.2) is 0 Å². The highest BCUT2D eigenvalue weighted by atomic mass is 19.4. The van der Waals surface area contributed by atoms with E-state index in [0.29, 0.717) is 4.90 Å². The van der Waals surface area contributed by atoms with Crippen molar-refractivity contribution in [3.8, 4) is 0 Å². The summed E-state index contributed by atoms with van der Waals surface area (Å²) in [6.07, 6.45) is -4.40. The Bertz CT molecular complexity index is 268. The van der Waals surface area contributed by atoms with Gasteiger partial charge in [-0.2, -0.15) is 13.2 Å². The first-order valence-electron chi connectivity index (χ1n) is 4.48. The number of carboxylic acids is 1. The Kier molecular flexibility index (Phi) is 5.06. The van der Waals surface area contributed by atoms with Gasteiger partial charge in [0, 0.05) is 7.05 Å². The number of aliphatic carboxylic acids is 1. The molecular formula is C8H13F3N2O3. The van der Waals surface area contributed by atoms with E-state index in [1.54, 1.807) is 0 Å². The molecule has 5 nitrogen and oxygen atoms in total. The summed E-state index contributed by atoms with van der Waals surface area (Å²) in [5.41, 5.74) is 0. The summed E-state index contributed by atoms with van der Waals surface area (Å²) in [5, 5.41) is 10.6. The van der Waals surface area contributed by atoms with Gasteiger partial charge in [0.1, 0.15) is 12.6 Å². The van der Waals surface area contributed by atoms with Crippen molar-refractivity contribution < 1.29 is 27.9 Å². The van der Waals surface area contributed by atoms with E-state index in [9.17, 15) is 22.8 Å². The molecule has 0 heterocycles. The van der Waals surface area contributed by atoms with Crippen LogP contribution in [-0.2, 0) is 4.79 Å². The Morgan fingerprint density at radius 1 is 1.44 bits per heavy atom. The van der Waals surface area contributed by atoms with Crippen molar-refractivity contribution in [2.75, 3.05) is 13.6 Å². The molecule has 2 N–H and O–H groups in total. The fourth-order valence-corrected chi connectivity index (χ4v) is 0.938. The second kappa shape index (κ2) is 5.57. The molecule has 16 heavy (non-hydrogen) atoms. The number of carbonyl (C=O) groups excluding carboxylic acids is 1. The lowest BCUT2D eigenvalue weighted by Gasteiger charge is -2.21. The molecule has 1 atom stereocenters. The highest BCUT2D eigenvalue weighted by Gasteiger charge is 2.32. The third kappa shape index (κ3) is 5.42. The first-order valence-corrected chi connectivity index (χ1v) is 4.48. The molecule has 0 unspecified atom stereocenters. The van der Waals surface area contributed by atoms with Crippen LogP contribution < -0.4 is 5.32 Å². The Morgan fingerprint density at radius 3 is 2.25 bits per heavy atom. The van der Waals surface area contributed by atoms with E-state index in [1.165, 1.54) is 6.92 Å². The molecule has 0 saturated heterocycles. The first kappa shape index (κ1) is 14.5. The highest BCUT2D eigenvalue weighted by Crippen LogP contribution is 2.15. The van der Waals surface area contributed by atoms with Crippen molar-refractivity contribution >= 4 is 12.0 Å². The van der Waals surface area contributed by atoms with E-state index in [0.717, 1.165) is 7.05 Å². The number of carbonyl (C=O) groups is 2. The van der Waals surface area contributed by atoms with Crippen LogP contribution in [0.3, 0.4) is 0 Å². The van der Waals surface area contributed by atoms with E-state index in [2.05, 4.69) is 0 Å². The molecule has 2 amide bonds. The predicted octanol–water partition coefficient (Wildman–Crippen LogP) is 1.05. The molecule has 0 rings (SSSR count). The molecule has 0 radical (unpaired) electrons. The molecule has 94 valence electrons. The zero-order chi connectivity index (χ0) is 12.9. The molecule has 0 spiro atoms. The fraction of sp³-hybridized carbons (Fsp3) is 0.750. The topological polar surface area (TPSA) is 69.6 Å². The van der Waals surface area contributed by atoms with Gasteiger partial charge in [0.05, 0.1) is 0 Å². The van der Waals surface area contributed by atoms with Crippen LogP contribution in [0.25, 0.3) is 0 Å². The van der Waals surface area contributed by atoms with E-state index in [-0.39, 0.29) is 6.42 Å². The van der Waals surface area contributed by atoms with E-state index in [1.807, 2.05) is 5.32 Å². The molecular weight excluding hydrogens is 229 g/mol. The number of amides is 2. The minimum atomic E-state index is -4.50. The molecule has 0 aliphatic rings. The summed E-state index contributed by atoms with van der Waals surface area (Å²) in [6, 6.07) is -2.24.